The summed E-state index contributed by atoms with van der Waals surface area (Å²) in [6.45, 7) is 5.83. The van der Waals surface area contributed by atoms with Crippen LogP contribution < -0.4 is 0 Å². The van der Waals surface area contributed by atoms with Crippen LogP contribution in [0.15, 0.2) is 0 Å². The number of ether oxygens (including phenoxy) is 2. The van der Waals surface area contributed by atoms with Gasteiger partial charge in [0.05, 0.1) is 0 Å². The average molecular weight is 138 g/mol. The summed E-state index contributed by atoms with van der Waals surface area (Å²) in [5.41, 5.74) is 0. The van der Waals surface area contributed by atoms with Crippen LogP contribution in [0.4, 0.5) is 0 Å². The van der Waals surface area contributed by atoms with Gasteiger partial charge >= 0.3 is 0 Å². The van der Waals surface area contributed by atoms with Crippen LogP contribution in [0.1, 0.15) is 6.92 Å². The van der Waals surface area contributed by atoms with Crippen molar-refractivity contribution in [1.82, 2.24) is 0 Å². The smallest absolute Gasteiger partial charge is 0.154 e. The first-order valence-electron chi connectivity index (χ1n) is 3.02. The molecule has 0 saturated carbocycles. The van der Waals surface area contributed by atoms with E-state index in [-0.39, 0.29) is 25.2 Å². The zero-order chi connectivity index (χ0) is 7.70. The molecule has 0 heterocycles. The van der Waals surface area contributed by atoms with Crippen molar-refractivity contribution in [3.63, 3.8) is 0 Å². The molecule has 0 aromatic rings. The van der Waals surface area contributed by atoms with Gasteiger partial charge in [0, 0.05) is 33.1 Å². The van der Waals surface area contributed by atoms with Crippen LogP contribution in [0, 0.1) is 0 Å². The molecule has 0 unspecified atom stereocenters. The average Bonchev–Trinajstić information content (AvgIpc) is 1.88. The van der Waals surface area contributed by atoms with E-state index < -0.39 is 0 Å². The predicted octanol–water partition coefficient (Wildman–Crippen LogP) is 1.03. The van der Waals surface area contributed by atoms with Gasteiger partial charge in [-0.1, -0.05) is 13.6 Å². The fourth-order valence-corrected chi connectivity index (χ4v) is 0.0962. The van der Waals surface area contributed by atoms with Gasteiger partial charge in [-0.2, -0.15) is 0 Å². The molecule has 0 aromatic heterocycles. The first-order chi connectivity index (χ1) is 4.22. The van der Waals surface area contributed by atoms with Crippen LogP contribution in [0.5, 0.6) is 0 Å². The summed E-state index contributed by atoms with van der Waals surface area (Å²) in [5.74, 6) is 0. The van der Waals surface area contributed by atoms with Crippen LogP contribution in [0.2, 0.25) is 13.6 Å². The normalized spacial score (nSPS) is 7.40. The van der Waals surface area contributed by atoms with Crippen LogP contribution >= 0.6 is 0 Å². The van der Waals surface area contributed by atoms with Crippen molar-refractivity contribution < 1.29 is 9.47 Å². The van der Waals surface area contributed by atoms with Gasteiger partial charge < -0.3 is 9.47 Å². The second-order valence-electron chi connectivity index (χ2n) is 1.62. The Bertz CT molecular complexity index is 42.7. The van der Waals surface area contributed by atoms with E-state index in [4.69, 9.17) is 0 Å². The number of methoxy groups -OCH3 is 2. The molecule has 4 heteroatoms. The molecule has 0 fully saturated rings. The Morgan fingerprint density at radius 2 is 1.30 bits per heavy atom. The topological polar surface area (TPSA) is 18.5 Å². The van der Waals surface area contributed by atoms with E-state index in [1.54, 1.807) is 14.2 Å². The molecule has 0 saturated heterocycles. The summed E-state index contributed by atoms with van der Waals surface area (Å²) >= 11 is 0. The first-order valence-corrected chi connectivity index (χ1v) is 3.02. The van der Waals surface area contributed by atoms with E-state index in [1.165, 1.54) is 0 Å². The molecule has 0 aromatic carbocycles. The summed E-state index contributed by atoms with van der Waals surface area (Å²) < 4.78 is 9.35. The molecule has 0 atom stereocenters. The number of hydrogen-bond acceptors (Lipinski definition) is 2. The van der Waals surface area contributed by atoms with Crippen molar-refractivity contribution in [3.05, 3.63) is 0 Å². The van der Waals surface area contributed by atoms with E-state index in [2.05, 4.69) is 9.47 Å². The fourth-order valence-electron chi connectivity index (χ4n) is 0.0962. The third kappa shape index (κ3) is 23.5. The molecule has 0 amide bonds. The fraction of sp³-hybridized carbons (Fsp3) is 1.00. The Balaban J connectivity index is -0.000000107. The van der Waals surface area contributed by atoms with Crippen molar-refractivity contribution in [3.8, 4) is 0 Å². The van der Waals surface area contributed by atoms with E-state index in [1.807, 2.05) is 27.8 Å². The minimum atomic E-state index is -0.0648. The van der Waals surface area contributed by atoms with Crippen molar-refractivity contribution in [2.24, 2.45) is 0 Å². The van der Waals surface area contributed by atoms with Crippen molar-refractivity contribution in [2.45, 2.75) is 26.9 Å². The van der Waals surface area contributed by atoms with Crippen LogP contribution in [-0.2, 0) is 9.47 Å². The van der Waals surface area contributed by atoms with Crippen LogP contribution in [0.25, 0.3) is 0 Å². The summed E-state index contributed by atoms with van der Waals surface area (Å²) in [6.07, 6.45) is -0.0648. The van der Waals surface area contributed by atoms with Crippen LogP contribution in [0.3, 0.4) is 0 Å². The molecule has 0 aliphatic heterocycles. The van der Waals surface area contributed by atoms with Gasteiger partial charge in [0.1, 0.15) is 7.28 Å². The maximum absolute atomic E-state index is 4.68. The van der Waals surface area contributed by atoms with E-state index >= 15 is 0 Å². The largest absolute Gasteiger partial charge is 0.356 e. The second-order valence-corrected chi connectivity index (χ2v) is 1.62. The van der Waals surface area contributed by atoms with Gasteiger partial charge in [0.2, 0.25) is 0 Å². The zero-order valence-corrected chi connectivity index (χ0v) is 7.97. The molecule has 0 aliphatic rings. The molecule has 0 spiro atoms. The maximum atomic E-state index is 4.68. The molecule has 2 radical (unpaired) electrons. The van der Waals surface area contributed by atoms with Crippen LogP contribution in [-0.4, -0.2) is 46.6 Å². The summed E-state index contributed by atoms with van der Waals surface area (Å²) in [4.78, 5) is 0. The van der Waals surface area contributed by atoms with Gasteiger partial charge in [-0.25, -0.2) is 0 Å². The molecule has 0 aliphatic carbocycles. The van der Waals surface area contributed by atoms with Crippen molar-refractivity contribution in [1.29, 1.82) is 0 Å². The van der Waals surface area contributed by atoms with Gasteiger partial charge in [0.15, 0.2) is 6.29 Å². The van der Waals surface area contributed by atoms with Gasteiger partial charge in [0.25, 0.3) is 0 Å². The third-order valence-electron chi connectivity index (χ3n) is 0.664. The Morgan fingerprint density at radius 1 is 1.10 bits per heavy atom. The Hall–Kier alpha value is 0.582. The minimum absolute atomic E-state index is 0. The molecule has 10 heavy (non-hydrogen) atoms. The summed E-state index contributed by atoms with van der Waals surface area (Å²) in [7, 11) is 5.21. The standard InChI is InChI=1S/C4H10O2.C2H6B.Li/c1-4(5-2)6-3;1-3-2;/h4H,1-3H3;1-2H3;. The first kappa shape index (κ1) is 16.9. The summed E-state index contributed by atoms with van der Waals surface area (Å²) in [5, 5.41) is 0. The summed E-state index contributed by atoms with van der Waals surface area (Å²) in [6, 6.07) is 0. The Kier molecular flexibility index (Phi) is 27.5. The number of hydrogen-bond donors (Lipinski definition) is 0. The van der Waals surface area contributed by atoms with Gasteiger partial charge in [-0.3, -0.25) is 0 Å². The predicted molar refractivity (Wildman–Crippen MR) is 46.7 cm³/mol. The molecule has 0 N–H and O–H groups in total. The SMILES string of the molecule is COC(C)OC.C[B]C.[Li]. The molecule has 0 rings (SSSR count). The van der Waals surface area contributed by atoms with Gasteiger partial charge in [-0.05, 0) is 6.92 Å². The number of rotatable bonds is 2. The van der Waals surface area contributed by atoms with Crippen molar-refractivity contribution >= 4 is 26.1 Å². The Labute approximate surface area is 77.1 Å². The quantitative estimate of drug-likeness (QED) is 0.419. The monoisotopic (exact) mass is 138 g/mol. The second kappa shape index (κ2) is 16.3. The minimum Gasteiger partial charge on any atom is -0.356 e. The molecular formula is C6H16BLiO2. The molecule has 0 bridgehead atoms. The maximum Gasteiger partial charge on any atom is 0.154 e. The van der Waals surface area contributed by atoms with E-state index in [0.29, 0.717) is 0 Å². The van der Waals surface area contributed by atoms with E-state index in [9.17, 15) is 0 Å². The molecule has 56 valence electrons. The zero-order valence-electron chi connectivity index (χ0n) is 7.97. The third-order valence-corrected chi connectivity index (χ3v) is 0.664. The van der Waals surface area contributed by atoms with Gasteiger partial charge in [-0.15, -0.1) is 0 Å². The molecular weight excluding hydrogens is 122 g/mol. The Morgan fingerprint density at radius 3 is 1.30 bits per heavy atom. The molecule has 2 nitrogen and oxygen atoms in total. The van der Waals surface area contributed by atoms with E-state index in [0.717, 1.165) is 0 Å². The van der Waals surface area contributed by atoms with Crippen molar-refractivity contribution in [2.75, 3.05) is 14.2 Å².